The second kappa shape index (κ2) is 8.79. The van der Waals surface area contributed by atoms with Crippen LogP contribution in [-0.4, -0.2) is 10.8 Å². The lowest BCUT2D eigenvalue weighted by atomic mass is 10.1. The van der Waals surface area contributed by atoms with Gasteiger partial charge in [0.25, 0.3) is 11.6 Å². The van der Waals surface area contributed by atoms with E-state index in [9.17, 15) is 14.9 Å². The Hall–Kier alpha value is -3.72. The van der Waals surface area contributed by atoms with Crippen LogP contribution < -0.4 is 5.32 Å². The highest BCUT2D eigenvalue weighted by molar-refractivity contribution is 5.97. The molecule has 0 unspecified atom stereocenters. The lowest BCUT2D eigenvalue weighted by Gasteiger charge is -2.03. The fraction of sp³-hybridized carbons (Fsp3) is 0.0526. The molecule has 0 radical (unpaired) electrons. The van der Waals surface area contributed by atoms with Crippen LogP contribution in [0.3, 0.4) is 0 Å². The van der Waals surface area contributed by atoms with E-state index in [0.29, 0.717) is 12.1 Å². The number of nitrogens with one attached hydrogen (secondary N) is 1. The number of allylic oxidation sites excluding steroid dienone is 2. The summed E-state index contributed by atoms with van der Waals surface area (Å²) < 4.78 is 0. The summed E-state index contributed by atoms with van der Waals surface area (Å²) in [6.45, 7) is 0.312. The van der Waals surface area contributed by atoms with E-state index in [1.54, 1.807) is 18.2 Å². The number of carbonyl (C=O) groups is 1. The first-order valence-corrected chi connectivity index (χ1v) is 7.46. The van der Waals surface area contributed by atoms with E-state index in [1.165, 1.54) is 24.3 Å². The van der Waals surface area contributed by atoms with Crippen molar-refractivity contribution in [2.75, 3.05) is 0 Å². The lowest BCUT2D eigenvalue weighted by Crippen LogP contribution is -2.23. The summed E-state index contributed by atoms with van der Waals surface area (Å²) in [6, 6.07) is 17.4. The number of nitro groups is 1. The van der Waals surface area contributed by atoms with Gasteiger partial charge in [-0.2, -0.15) is 5.26 Å². The second-order valence-corrected chi connectivity index (χ2v) is 5.04. The number of hydrogen-bond donors (Lipinski definition) is 1. The van der Waals surface area contributed by atoms with Crippen LogP contribution in [0.4, 0.5) is 5.69 Å². The minimum Gasteiger partial charge on any atom is -0.347 e. The maximum Gasteiger partial charge on any atom is 0.276 e. The Bertz CT molecular complexity index is 865. The number of rotatable bonds is 6. The number of nitriles is 1. The number of amides is 1. The molecule has 0 atom stereocenters. The number of hydrogen-bond acceptors (Lipinski definition) is 4. The van der Waals surface area contributed by atoms with Gasteiger partial charge in [0.15, 0.2) is 0 Å². The molecule has 0 heterocycles. The molecular formula is C19H15N3O3. The predicted molar refractivity (Wildman–Crippen MR) is 94.1 cm³/mol. The topological polar surface area (TPSA) is 96.0 Å². The van der Waals surface area contributed by atoms with Crippen LogP contribution in [0.1, 0.15) is 11.1 Å². The van der Waals surface area contributed by atoms with Crippen LogP contribution in [0.2, 0.25) is 0 Å². The van der Waals surface area contributed by atoms with E-state index in [-0.39, 0.29) is 11.3 Å². The van der Waals surface area contributed by atoms with E-state index in [2.05, 4.69) is 5.32 Å². The minimum absolute atomic E-state index is 0.0424. The van der Waals surface area contributed by atoms with Gasteiger partial charge in [-0.3, -0.25) is 14.9 Å². The summed E-state index contributed by atoms with van der Waals surface area (Å²) in [5, 5.41) is 22.7. The van der Waals surface area contributed by atoms with E-state index < -0.39 is 10.8 Å². The third-order valence-corrected chi connectivity index (χ3v) is 3.33. The molecule has 0 saturated heterocycles. The summed E-state index contributed by atoms with van der Waals surface area (Å²) in [5.74, 6) is -0.501. The standard InChI is InChI=1S/C19H15N3O3/c20-13-17(19(23)21-14-15-7-2-1-3-8-15)11-6-10-16-9-4-5-12-18(16)22(24)25/h1-12H,14H2,(H,21,23)/b10-6+,17-11+. The maximum absolute atomic E-state index is 12.0. The highest BCUT2D eigenvalue weighted by atomic mass is 16.6. The van der Waals surface area contributed by atoms with Crippen molar-refractivity contribution in [1.82, 2.24) is 5.32 Å². The number of para-hydroxylation sites is 1. The zero-order valence-corrected chi connectivity index (χ0v) is 13.3. The smallest absolute Gasteiger partial charge is 0.276 e. The Morgan fingerprint density at radius 3 is 2.52 bits per heavy atom. The van der Waals surface area contributed by atoms with E-state index in [1.807, 2.05) is 36.4 Å². The molecule has 0 aliphatic heterocycles. The summed E-state index contributed by atoms with van der Waals surface area (Å²) in [7, 11) is 0. The molecule has 0 aromatic heterocycles. The molecule has 6 heteroatoms. The lowest BCUT2D eigenvalue weighted by molar-refractivity contribution is -0.385. The molecule has 25 heavy (non-hydrogen) atoms. The van der Waals surface area contributed by atoms with E-state index >= 15 is 0 Å². The number of benzene rings is 2. The molecule has 6 nitrogen and oxygen atoms in total. The summed E-state index contributed by atoms with van der Waals surface area (Å²) in [5.41, 5.74) is 1.19. The van der Waals surface area contributed by atoms with E-state index in [0.717, 1.165) is 5.56 Å². The summed E-state index contributed by atoms with van der Waals surface area (Å²) in [4.78, 5) is 22.5. The molecule has 1 amide bonds. The van der Waals surface area contributed by atoms with Crippen LogP contribution in [0.5, 0.6) is 0 Å². The van der Waals surface area contributed by atoms with Crippen LogP contribution in [-0.2, 0) is 11.3 Å². The molecule has 0 bridgehead atoms. The SMILES string of the molecule is N#C/C(=C\C=C\c1ccccc1[N+](=O)[O-])C(=O)NCc1ccccc1. The zero-order chi connectivity index (χ0) is 18.1. The molecule has 0 spiro atoms. The van der Waals surface area contributed by atoms with Crippen molar-refractivity contribution in [2.45, 2.75) is 6.54 Å². The first kappa shape index (κ1) is 17.6. The van der Waals surface area contributed by atoms with Crippen molar-refractivity contribution >= 4 is 17.7 Å². The fourth-order valence-electron chi connectivity index (χ4n) is 2.08. The summed E-state index contributed by atoms with van der Waals surface area (Å²) in [6.07, 6.45) is 4.26. The average Bonchev–Trinajstić information content (AvgIpc) is 2.64. The van der Waals surface area contributed by atoms with Gasteiger partial charge >= 0.3 is 0 Å². The van der Waals surface area contributed by atoms with E-state index in [4.69, 9.17) is 5.26 Å². The van der Waals surface area contributed by atoms with Gasteiger partial charge in [-0.25, -0.2) is 0 Å². The quantitative estimate of drug-likeness (QED) is 0.288. The fourth-order valence-corrected chi connectivity index (χ4v) is 2.08. The molecule has 124 valence electrons. The highest BCUT2D eigenvalue weighted by Gasteiger charge is 2.10. The van der Waals surface area contributed by atoms with Crippen molar-refractivity contribution in [1.29, 1.82) is 5.26 Å². The molecule has 0 aliphatic carbocycles. The Kier molecular flexibility index (Phi) is 6.20. The minimum atomic E-state index is -0.501. The average molecular weight is 333 g/mol. The number of nitro benzene ring substituents is 1. The third-order valence-electron chi connectivity index (χ3n) is 3.33. The van der Waals surface area contributed by atoms with Gasteiger partial charge in [0.2, 0.25) is 0 Å². The van der Waals surface area contributed by atoms with Crippen LogP contribution in [0.25, 0.3) is 6.08 Å². The van der Waals surface area contributed by atoms with Gasteiger partial charge in [-0.05, 0) is 23.8 Å². The van der Waals surface area contributed by atoms with Gasteiger partial charge in [0.1, 0.15) is 11.6 Å². The van der Waals surface area contributed by atoms with Crippen LogP contribution in [0.15, 0.2) is 72.3 Å². The predicted octanol–water partition coefficient (Wildman–Crippen LogP) is 3.37. The molecule has 0 fully saturated rings. The van der Waals surface area contributed by atoms with Crippen LogP contribution in [0, 0.1) is 21.4 Å². The molecule has 1 N–H and O–H groups in total. The van der Waals surface area contributed by atoms with Gasteiger partial charge in [0, 0.05) is 12.6 Å². The van der Waals surface area contributed by atoms with Gasteiger partial charge < -0.3 is 5.32 Å². The number of carbonyl (C=O) groups excluding carboxylic acids is 1. The van der Waals surface area contributed by atoms with Crippen molar-refractivity contribution in [2.24, 2.45) is 0 Å². The zero-order valence-electron chi connectivity index (χ0n) is 13.3. The largest absolute Gasteiger partial charge is 0.347 e. The maximum atomic E-state index is 12.0. The molecule has 2 rings (SSSR count). The molecule has 0 saturated carbocycles. The van der Waals surface area contributed by atoms with Crippen molar-refractivity contribution in [3.8, 4) is 6.07 Å². The Labute approximate surface area is 144 Å². The second-order valence-electron chi connectivity index (χ2n) is 5.04. The van der Waals surface area contributed by atoms with Gasteiger partial charge in [-0.15, -0.1) is 0 Å². The number of nitrogens with zero attached hydrogens (tertiary/aromatic N) is 2. The first-order chi connectivity index (χ1) is 12.1. The molecule has 2 aromatic rings. The van der Waals surface area contributed by atoms with Crippen molar-refractivity contribution < 1.29 is 9.72 Å². The highest BCUT2D eigenvalue weighted by Crippen LogP contribution is 2.19. The summed E-state index contributed by atoms with van der Waals surface area (Å²) >= 11 is 0. The third kappa shape index (κ3) is 5.15. The molecule has 2 aromatic carbocycles. The van der Waals surface area contributed by atoms with Gasteiger partial charge in [0.05, 0.1) is 10.5 Å². The Morgan fingerprint density at radius 1 is 1.16 bits per heavy atom. The Morgan fingerprint density at radius 2 is 1.84 bits per heavy atom. The van der Waals surface area contributed by atoms with Crippen molar-refractivity contribution in [3.63, 3.8) is 0 Å². The van der Waals surface area contributed by atoms with Crippen molar-refractivity contribution in [3.05, 3.63) is 93.6 Å². The monoisotopic (exact) mass is 333 g/mol. The first-order valence-electron chi connectivity index (χ1n) is 7.46. The Balaban J connectivity index is 2.06. The van der Waals surface area contributed by atoms with Gasteiger partial charge in [-0.1, -0.05) is 48.5 Å². The van der Waals surface area contributed by atoms with Crippen LogP contribution >= 0.6 is 0 Å². The molecular weight excluding hydrogens is 318 g/mol. The molecule has 0 aliphatic rings. The normalized spacial score (nSPS) is 11.1.